The Morgan fingerprint density at radius 3 is 2.29 bits per heavy atom. The minimum absolute atomic E-state index is 0.0488. The lowest BCUT2D eigenvalue weighted by Crippen LogP contribution is -2.38. The van der Waals surface area contributed by atoms with Gasteiger partial charge in [0.1, 0.15) is 0 Å². The van der Waals surface area contributed by atoms with E-state index in [9.17, 15) is 8.42 Å². The van der Waals surface area contributed by atoms with E-state index in [2.05, 4.69) is 30.8 Å². The Labute approximate surface area is 208 Å². The number of aryl methyl sites for hydroxylation is 2. The van der Waals surface area contributed by atoms with E-state index in [1.165, 1.54) is 16.8 Å². The van der Waals surface area contributed by atoms with Crippen LogP contribution in [0.4, 0.5) is 5.69 Å². The molecule has 0 N–H and O–H groups in total. The number of hydrogen-bond donors (Lipinski definition) is 0. The zero-order chi connectivity index (χ0) is 24.1. The van der Waals surface area contributed by atoms with Gasteiger partial charge >= 0.3 is 0 Å². The van der Waals surface area contributed by atoms with Crippen LogP contribution >= 0.6 is 15.9 Å². The van der Waals surface area contributed by atoms with E-state index < -0.39 is 10.0 Å². The predicted molar refractivity (Wildman–Crippen MR) is 136 cm³/mol. The maximum atomic E-state index is 13.5. The van der Waals surface area contributed by atoms with Crippen molar-refractivity contribution in [2.45, 2.75) is 18.1 Å². The molecular weight excluding hydrogens is 516 g/mol. The van der Waals surface area contributed by atoms with Crippen molar-refractivity contribution in [3.63, 3.8) is 0 Å². The fraction of sp³-hybridized carbons (Fsp3) is 0.250. The number of nitrogens with zero attached hydrogens (tertiary/aromatic N) is 6. The zero-order valence-electron chi connectivity index (χ0n) is 19.1. The second kappa shape index (κ2) is 10.5. The van der Waals surface area contributed by atoms with Crippen LogP contribution in [-0.4, -0.2) is 44.9 Å². The molecule has 0 aliphatic rings. The molecule has 0 unspecified atom stereocenters. The highest BCUT2D eigenvalue weighted by Gasteiger charge is 2.27. The molecule has 0 bridgehead atoms. The molecule has 0 radical (unpaired) electrons. The molecule has 0 saturated heterocycles. The number of anilines is 1. The third-order valence-electron chi connectivity index (χ3n) is 5.57. The molecule has 0 spiro atoms. The van der Waals surface area contributed by atoms with Crippen molar-refractivity contribution in [2.24, 2.45) is 14.1 Å². The summed E-state index contributed by atoms with van der Waals surface area (Å²) in [5.74, 6) is 0. The maximum Gasteiger partial charge on any atom is 0.262 e. The highest BCUT2D eigenvalue weighted by molar-refractivity contribution is 9.10. The van der Waals surface area contributed by atoms with Crippen molar-refractivity contribution in [2.75, 3.05) is 18.0 Å². The minimum Gasteiger partial charge on any atom is -0.364 e. The lowest BCUT2D eigenvalue weighted by molar-refractivity contribution is 0.406. The Morgan fingerprint density at radius 2 is 1.68 bits per heavy atom. The van der Waals surface area contributed by atoms with Gasteiger partial charge in [0.05, 0.1) is 24.9 Å². The van der Waals surface area contributed by atoms with Gasteiger partial charge in [-0.2, -0.15) is 4.31 Å². The third kappa shape index (κ3) is 5.75. The van der Waals surface area contributed by atoms with E-state index in [-0.39, 0.29) is 11.6 Å². The largest absolute Gasteiger partial charge is 0.364 e. The molecule has 178 valence electrons. The number of halogens is 1. The van der Waals surface area contributed by atoms with Gasteiger partial charge in [0, 0.05) is 56.3 Å². The summed E-state index contributed by atoms with van der Waals surface area (Å²) in [6, 6.07) is 17.6. The topological polar surface area (TPSA) is 76.3 Å². The van der Waals surface area contributed by atoms with Gasteiger partial charge in [-0.05, 0) is 29.8 Å². The van der Waals surface area contributed by atoms with Crippen molar-refractivity contribution < 1.29 is 8.42 Å². The standard InChI is InChI=1S/C24H27BrN6O2S/c1-28-17-24(27-19-28)34(32,33)31(15-20-6-4-3-5-7-20)13-12-30(16-23-14-26-18-29(23)2)22-10-8-21(25)9-11-22/h3-11,14,17-19H,12-13,15-16H2,1-2H3. The summed E-state index contributed by atoms with van der Waals surface area (Å²) in [5.41, 5.74) is 2.95. The molecule has 0 fully saturated rings. The molecule has 0 amide bonds. The molecule has 2 aromatic carbocycles. The van der Waals surface area contributed by atoms with E-state index in [0.29, 0.717) is 19.6 Å². The first-order valence-corrected chi connectivity index (χ1v) is 13.0. The van der Waals surface area contributed by atoms with E-state index in [1.54, 1.807) is 17.9 Å². The van der Waals surface area contributed by atoms with Gasteiger partial charge in [0.15, 0.2) is 5.03 Å². The lowest BCUT2D eigenvalue weighted by Gasteiger charge is -2.29. The number of imidazole rings is 2. The average molecular weight is 543 g/mol. The lowest BCUT2D eigenvalue weighted by atomic mass is 10.2. The van der Waals surface area contributed by atoms with Crippen LogP contribution in [-0.2, 0) is 37.2 Å². The summed E-state index contributed by atoms with van der Waals surface area (Å²) in [7, 11) is -0.0692. The summed E-state index contributed by atoms with van der Waals surface area (Å²) in [6.45, 7) is 1.65. The van der Waals surface area contributed by atoms with Gasteiger partial charge in [-0.1, -0.05) is 46.3 Å². The van der Waals surface area contributed by atoms with Crippen LogP contribution in [0.1, 0.15) is 11.3 Å². The highest BCUT2D eigenvalue weighted by Crippen LogP contribution is 2.22. The summed E-state index contributed by atoms with van der Waals surface area (Å²) < 4.78 is 33.2. The second-order valence-corrected chi connectivity index (χ2v) is 10.9. The molecule has 34 heavy (non-hydrogen) atoms. The molecular formula is C24H27BrN6O2S. The van der Waals surface area contributed by atoms with Crippen molar-refractivity contribution in [3.05, 3.63) is 95.4 Å². The van der Waals surface area contributed by atoms with E-state index in [1.807, 2.05) is 72.4 Å². The van der Waals surface area contributed by atoms with Crippen LogP contribution in [0, 0.1) is 0 Å². The van der Waals surface area contributed by atoms with Crippen molar-refractivity contribution >= 4 is 31.6 Å². The SMILES string of the molecule is Cn1cnc(S(=O)(=O)N(CCN(Cc2cncn2C)c2ccc(Br)cc2)Cc2ccccc2)c1. The van der Waals surface area contributed by atoms with Crippen LogP contribution in [0.2, 0.25) is 0 Å². The predicted octanol–water partition coefficient (Wildman–Crippen LogP) is 3.81. The van der Waals surface area contributed by atoms with Gasteiger partial charge in [0.2, 0.25) is 0 Å². The smallest absolute Gasteiger partial charge is 0.262 e. The van der Waals surface area contributed by atoms with E-state index in [4.69, 9.17) is 0 Å². The Hall–Kier alpha value is -2.95. The average Bonchev–Trinajstić information content (AvgIpc) is 3.45. The number of hydrogen-bond acceptors (Lipinski definition) is 5. The minimum atomic E-state index is -3.78. The molecule has 0 aliphatic carbocycles. The van der Waals surface area contributed by atoms with Crippen molar-refractivity contribution in [3.8, 4) is 0 Å². The molecule has 10 heteroatoms. The summed E-state index contributed by atoms with van der Waals surface area (Å²) >= 11 is 3.49. The number of aromatic nitrogens is 4. The summed E-state index contributed by atoms with van der Waals surface area (Å²) in [4.78, 5) is 10.5. The van der Waals surface area contributed by atoms with Crippen LogP contribution in [0.3, 0.4) is 0 Å². The first-order valence-electron chi connectivity index (χ1n) is 10.8. The van der Waals surface area contributed by atoms with Crippen LogP contribution in [0.15, 0.2) is 89.1 Å². The normalized spacial score (nSPS) is 11.8. The molecule has 0 saturated carbocycles. The number of rotatable bonds is 10. The molecule has 2 heterocycles. The molecule has 8 nitrogen and oxygen atoms in total. The zero-order valence-corrected chi connectivity index (χ0v) is 21.5. The van der Waals surface area contributed by atoms with Gasteiger partial charge in [-0.15, -0.1) is 0 Å². The fourth-order valence-corrected chi connectivity index (χ4v) is 5.29. The Morgan fingerprint density at radius 1 is 0.941 bits per heavy atom. The molecule has 2 aromatic heterocycles. The number of sulfonamides is 1. The molecule has 4 aromatic rings. The second-order valence-electron chi connectivity index (χ2n) is 8.10. The van der Waals surface area contributed by atoms with Crippen LogP contribution in [0.25, 0.3) is 0 Å². The van der Waals surface area contributed by atoms with Gasteiger partial charge in [-0.3, -0.25) is 0 Å². The Kier molecular flexibility index (Phi) is 7.50. The van der Waals surface area contributed by atoms with Crippen molar-refractivity contribution in [1.82, 2.24) is 23.4 Å². The Balaban J connectivity index is 1.62. The van der Waals surface area contributed by atoms with Crippen LogP contribution in [0.5, 0.6) is 0 Å². The molecule has 4 rings (SSSR count). The molecule has 0 aliphatic heterocycles. The van der Waals surface area contributed by atoms with E-state index in [0.717, 1.165) is 21.4 Å². The van der Waals surface area contributed by atoms with Crippen molar-refractivity contribution in [1.29, 1.82) is 0 Å². The highest BCUT2D eigenvalue weighted by atomic mass is 79.9. The van der Waals surface area contributed by atoms with Gasteiger partial charge < -0.3 is 14.0 Å². The monoisotopic (exact) mass is 542 g/mol. The third-order valence-corrected chi connectivity index (χ3v) is 7.83. The summed E-state index contributed by atoms with van der Waals surface area (Å²) in [6.07, 6.45) is 6.64. The quantitative estimate of drug-likeness (QED) is 0.304. The molecule has 0 atom stereocenters. The maximum absolute atomic E-state index is 13.5. The van der Waals surface area contributed by atoms with E-state index >= 15 is 0 Å². The van der Waals surface area contributed by atoms with Gasteiger partial charge in [-0.25, -0.2) is 18.4 Å². The summed E-state index contributed by atoms with van der Waals surface area (Å²) in [5, 5.41) is 0.0488. The van der Waals surface area contributed by atoms with Gasteiger partial charge in [0.25, 0.3) is 10.0 Å². The first-order chi connectivity index (χ1) is 16.3. The first kappa shape index (κ1) is 24.2. The van der Waals surface area contributed by atoms with Crippen LogP contribution < -0.4 is 4.90 Å². The fourth-order valence-electron chi connectivity index (χ4n) is 3.64. The number of benzene rings is 2. The Bertz CT molecular complexity index is 1320.